The Morgan fingerprint density at radius 2 is 1.89 bits per heavy atom. The average molecular weight is 481 g/mol. The summed E-state index contributed by atoms with van der Waals surface area (Å²) in [4.78, 5) is 11.5. The van der Waals surface area contributed by atoms with Gasteiger partial charge < -0.3 is 4.74 Å². The Kier molecular flexibility index (Phi) is 6.44. The zero-order valence-corrected chi connectivity index (χ0v) is 15.0. The van der Waals surface area contributed by atoms with Crippen LogP contribution in [0.3, 0.4) is 0 Å². The van der Waals surface area contributed by atoms with E-state index in [1.165, 1.54) is 0 Å². The lowest BCUT2D eigenvalue weighted by molar-refractivity contribution is -0.142. The molecule has 0 saturated carbocycles. The molecule has 0 fully saturated rings. The number of hydrogen-bond donors (Lipinski definition) is 1. The number of carbonyl (C=O) groups excluding carboxylic acids is 1. The molecule has 0 heterocycles. The first-order valence-corrected chi connectivity index (χ1v) is 8.92. The lowest BCUT2D eigenvalue weighted by atomic mass is 10.1. The van der Waals surface area contributed by atoms with Crippen molar-refractivity contribution < 1.29 is 22.5 Å². The number of halogens is 3. The van der Waals surface area contributed by atoms with Crippen LogP contribution in [0.15, 0.2) is 25.6 Å². The van der Waals surface area contributed by atoms with Gasteiger partial charge >= 0.3 is 5.97 Å². The molecule has 9 heteroatoms. The molecule has 0 bridgehead atoms. The fourth-order valence-electron chi connectivity index (χ4n) is 1.21. The summed E-state index contributed by atoms with van der Waals surface area (Å²) in [7, 11) is -4.12. The van der Waals surface area contributed by atoms with Crippen molar-refractivity contribution in [2.24, 2.45) is 0 Å². The maximum Gasteiger partial charge on any atom is 0.310 e. The highest BCUT2D eigenvalue weighted by Crippen LogP contribution is 2.31. The summed E-state index contributed by atoms with van der Waals surface area (Å²) in [5, 5.41) is 0. The molecule has 0 aromatic heterocycles. The van der Waals surface area contributed by atoms with Gasteiger partial charge in [-0.3, -0.25) is 9.35 Å². The van der Waals surface area contributed by atoms with Crippen LogP contribution in [0.1, 0.15) is 5.56 Å². The molecule has 1 aromatic rings. The van der Waals surface area contributed by atoms with Crippen molar-refractivity contribution in [2.45, 2.75) is 6.42 Å². The molecule has 0 amide bonds. The molecule has 1 rings (SSSR count). The monoisotopic (exact) mass is 478 g/mol. The summed E-state index contributed by atoms with van der Waals surface area (Å²) in [6, 6.07) is 3.57. The highest BCUT2D eigenvalue weighted by Gasteiger charge is 2.13. The highest BCUT2D eigenvalue weighted by molar-refractivity contribution is 9.13. The van der Waals surface area contributed by atoms with Crippen LogP contribution in [0.2, 0.25) is 0 Å². The van der Waals surface area contributed by atoms with Crippen molar-refractivity contribution in [3.63, 3.8) is 0 Å². The second-order valence-electron chi connectivity index (χ2n) is 3.54. The van der Waals surface area contributed by atoms with E-state index in [4.69, 9.17) is 9.29 Å². The minimum atomic E-state index is -4.12. The molecule has 0 aliphatic carbocycles. The Balaban J connectivity index is 2.63. The van der Waals surface area contributed by atoms with Gasteiger partial charge in [0.15, 0.2) is 0 Å². The van der Waals surface area contributed by atoms with Crippen LogP contribution in [0.25, 0.3) is 0 Å². The topological polar surface area (TPSA) is 80.7 Å². The minimum absolute atomic E-state index is 0.00982. The van der Waals surface area contributed by atoms with E-state index in [-0.39, 0.29) is 13.0 Å². The summed E-state index contributed by atoms with van der Waals surface area (Å²) in [5.41, 5.74) is 0.693. The molecule has 0 aliphatic heterocycles. The largest absolute Gasteiger partial charge is 0.464 e. The molecule has 1 N–H and O–H groups in total. The van der Waals surface area contributed by atoms with E-state index < -0.39 is 21.8 Å². The number of hydrogen-bond acceptors (Lipinski definition) is 4. The van der Waals surface area contributed by atoms with Crippen molar-refractivity contribution in [2.75, 3.05) is 12.4 Å². The maximum absolute atomic E-state index is 11.5. The Labute approximate surface area is 135 Å². The van der Waals surface area contributed by atoms with E-state index in [1.54, 1.807) is 6.07 Å². The summed E-state index contributed by atoms with van der Waals surface area (Å²) < 4.78 is 36.4. The molecule has 106 valence electrons. The Hall–Kier alpha value is 0.0400. The number of benzene rings is 1. The van der Waals surface area contributed by atoms with Gasteiger partial charge in [0.2, 0.25) is 0 Å². The number of esters is 1. The van der Waals surface area contributed by atoms with Crippen LogP contribution in [0.4, 0.5) is 0 Å². The normalized spacial score (nSPS) is 11.4. The first-order chi connectivity index (χ1) is 8.69. The molecule has 0 aliphatic rings. The second kappa shape index (κ2) is 7.16. The van der Waals surface area contributed by atoms with Gasteiger partial charge in [0.25, 0.3) is 10.1 Å². The van der Waals surface area contributed by atoms with Gasteiger partial charge in [0.05, 0.1) is 6.42 Å². The Bertz CT molecular complexity index is 585. The second-order valence-corrected chi connectivity index (χ2v) is 7.68. The van der Waals surface area contributed by atoms with Gasteiger partial charge in [0, 0.05) is 13.4 Å². The summed E-state index contributed by atoms with van der Waals surface area (Å²) in [6.07, 6.45) is -0.00982. The number of ether oxygens (including phenoxy) is 1. The molecular formula is C10H9Br3O5S. The molecule has 19 heavy (non-hydrogen) atoms. The third kappa shape index (κ3) is 6.35. The van der Waals surface area contributed by atoms with E-state index in [1.807, 2.05) is 6.07 Å². The van der Waals surface area contributed by atoms with Gasteiger partial charge in [-0.2, -0.15) is 8.42 Å². The van der Waals surface area contributed by atoms with Crippen molar-refractivity contribution in [1.82, 2.24) is 0 Å². The van der Waals surface area contributed by atoms with Crippen LogP contribution < -0.4 is 0 Å². The number of carbonyl (C=O) groups is 1. The predicted octanol–water partition coefficient (Wildman–Crippen LogP) is 2.95. The van der Waals surface area contributed by atoms with Crippen LogP contribution in [0.5, 0.6) is 0 Å². The summed E-state index contributed by atoms with van der Waals surface area (Å²) in [6.45, 7) is -0.371. The third-order valence-corrected chi connectivity index (χ3v) is 5.24. The third-order valence-electron chi connectivity index (χ3n) is 2.01. The maximum atomic E-state index is 11.5. The summed E-state index contributed by atoms with van der Waals surface area (Å²) >= 11 is 9.96. The van der Waals surface area contributed by atoms with E-state index in [0.29, 0.717) is 5.56 Å². The van der Waals surface area contributed by atoms with E-state index in [9.17, 15) is 13.2 Å². The fraction of sp³-hybridized carbons (Fsp3) is 0.300. The van der Waals surface area contributed by atoms with E-state index >= 15 is 0 Å². The summed E-state index contributed by atoms with van der Waals surface area (Å²) in [5.74, 6) is -1.18. The van der Waals surface area contributed by atoms with Crippen LogP contribution in [-0.4, -0.2) is 31.3 Å². The van der Waals surface area contributed by atoms with Gasteiger partial charge in [0.1, 0.15) is 12.4 Å². The first-order valence-electron chi connectivity index (χ1n) is 4.93. The average Bonchev–Trinajstić information content (AvgIpc) is 2.23. The lowest BCUT2D eigenvalue weighted by Gasteiger charge is -2.08. The molecule has 0 unspecified atom stereocenters. The van der Waals surface area contributed by atoms with Crippen molar-refractivity contribution in [1.29, 1.82) is 0 Å². The van der Waals surface area contributed by atoms with Gasteiger partial charge in [-0.25, -0.2) is 0 Å². The molecule has 0 atom stereocenters. The van der Waals surface area contributed by atoms with Crippen molar-refractivity contribution in [3.8, 4) is 0 Å². The van der Waals surface area contributed by atoms with Gasteiger partial charge in [-0.05, 0) is 49.6 Å². The van der Waals surface area contributed by atoms with E-state index in [0.717, 1.165) is 13.4 Å². The van der Waals surface area contributed by atoms with Crippen LogP contribution >= 0.6 is 47.8 Å². The quantitative estimate of drug-likeness (QED) is 0.398. The Morgan fingerprint density at radius 1 is 1.26 bits per heavy atom. The fourth-order valence-corrected chi connectivity index (χ4v) is 3.18. The molecule has 0 spiro atoms. The smallest absolute Gasteiger partial charge is 0.310 e. The molecule has 5 nitrogen and oxygen atoms in total. The van der Waals surface area contributed by atoms with Gasteiger partial charge in [-0.15, -0.1) is 0 Å². The van der Waals surface area contributed by atoms with Crippen LogP contribution in [-0.2, 0) is 26.1 Å². The standard InChI is InChI=1S/C10H9Br3O5S/c11-7-3-6(10(13)8(12)5-7)4-9(14)18-1-2-19(15,16)17/h3,5H,1-2,4H2,(H,15,16,17). The zero-order chi connectivity index (χ0) is 14.6. The van der Waals surface area contributed by atoms with E-state index in [2.05, 4.69) is 47.8 Å². The van der Waals surface area contributed by atoms with Crippen molar-refractivity contribution >= 4 is 63.9 Å². The molecule has 0 saturated heterocycles. The molecule has 1 aromatic carbocycles. The van der Waals surface area contributed by atoms with Crippen LogP contribution in [0, 0.1) is 0 Å². The highest BCUT2D eigenvalue weighted by atomic mass is 79.9. The zero-order valence-electron chi connectivity index (χ0n) is 9.40. The van der Waals surface area contributed by atoms with Crippen molar-refractivity contribution in [3.05, 3.63) is 31.1 Å². The predicted molar refractivity (Wildman–Crippen MR) is 80.6 cm³/mol. The van der Waals surface area contributed by atoms with Gasteiger partial charge in [-0.1, -0.05) is 15.9 Å². The molecular weight excluding hydrogens is 472 g/mol. The minimum Gasteiger partial charge on any atom is -0.464 e. The Morgan fingerprint density at radius 3 is 2.47 bits per heavy atom. The first kappa shape index (κ1) is 17.1. The molecule has 0 radical (unpaired) electrons. The number of rotatable bonds is 5. The lowest BCUT2D eigenvalue weighted by Crippen LogP contribution is -2.16. The SMILES string of the molecule is O=C(Cc1cc(Br)cc(Br)c1Br)OCCS(=O)(=O)O.